The Hall–Kier alpha value is -2.18. The SMILES string of the molecule is COc1cc(N(C2CC2)C2CCN(CC3OCCc4ccccc43)CC2)ncn1. The molecule has 2 aromatic rings. The van der Waals surface area contributed by atoms with Crippen molar-refractivity contribution in [2.24, 2.45) is 0 Å². The Labute approximate surface area is 172 Å². The molecule has 0 spiro atoms. The van der Waals surface area contributed by atoms with Gasteiger partial charge in [0, 0.05) is 37.8 Å². The molecule has 0 N–H and O–H groups in total. The smallest absolute Gasteiger partial charge is 0.218 e. The van der Waals surface area contributed by atoms with Gasteiger partial charge < -0.3 is 19.3 Å². The number of ether oxygens (including phenoxy) is 2. The summed E-state index contributed by atoms with van der Waals surface area (Å²) in [6.45, 7) is 4.05. The Kier molecular flexibility index (Phi) is 5.38. The van der Waals surface area contributed by atoms with Gasteiger partial charge in [-0.3, -0.25) is 0 Å². The van der Waals surface area contributed by atoms with Gasteiger partial charge in [0.1, 0.15) is 12.1 Å². The van der Waals surface area contributed by atoms with Gasteiger partial charge in [0.25, 0.3) is 0 Å². The predicted octanol–water partition coefficient (Wildman–Crippen LogP) is 3.23. The number of fused-ring (bicyclic) bond motifs is 1. The molecule has 154 valence electrons. The third-order valence-corrected chi connectivity index (χ3v) is 6.51. The molecule has 1 atom stereocenters. The van der Waals surface area contributed by atoms with Crippen LogP contribution >= 0.6 is 0 Å². The Bertz CT molecular complexity index is 833. The zero-order chi connectivity index (χ0) is 19.6. The van der Waals surface area contributed by atoms with E-state index in [-0.39, 0.29) is 6.10 Å². The van der Waals surface area contributed by atoms with Gasteiger partial charge in [-0.1, -0.05) is 24.3 Å². The van der Waals surface area contributed by atoms with Crippen LogP contribution in [0.2, 0.25) is 0 Å². The quantitative estimate of drug-likeness (QED) is 0.750. The molecule has 1 aromatic carbocycles. The molecule has 3 heterocycles. The molecule has 1 aliphatic carbocycles. The van der Waals surface area contributed by atoms with Gasteiger partial charge in [-0.15, -0.1) is 0 Å². The van der Waals surface area contributed by atoms with Crippen molar-refractivity contribution in [2.75, 3.05) is 38.3 Å². The van der Waals surface area contributed by atoms with Crippen molar-refractivity contribution >= 4 is 5.82 Å². The number of likely N-dealkylation sites (tertiary alicyclic amines) is 1. The molecule has 6 nitrogen and oxygen atoms in total. The van der Waals surface area contributed by atoms with E-state index in [0.717, 1.165) is 51.3 Å². The van der Waals surface area contributed by atoms with Crippen molar-refractivity contribution in [2.45, 2.75) is 50.3 Å². The monoisotopic (exact) mass is 394 g/mol. The molecule has 0 radical (unpaired) electrons. The number of hydrogen-bond donors (Lipinski definition) is 0. The van der Waals surface area contributed by atoms with Crippen LogP contribution in [0.1, 0.15) is 42.9 Å². The summed E-state index contributed by atoms with van der Waals surface area (Å²) in [5.41, 5.74) is 2.84. The fourth-order valence-electron chi connectivity index (χ4n) is 4.85. The first kappa shape index (κ1) is 18.8. The summed E-state index contributed by atoms with van der Waals surface area (Å²) < 4.78 is 11.5. The van der Waals surface area contributed by atoms with Crippen LogP contribution in [0.3, 0.4) is 0 Å². The molecule has 1 saturated heterocycles. The zero-order valence-electron chi connectivity index (χ0n) is 17.2. The normalized spacial score (nSPS) is 22.9. The van der Waals surface area contributed by atoms with Crippen LogP contribution in [0.15, 0.2) is 36.7 Å². The van der Waals surface area contributed by atoms with Crippen molar-refractivity contribution in [1.82, 2.24) is 14.9 Å². The number of benzene rings is 1. The summed E-state index contributed by atoms with van der Waals surface area (Å²) in [6, 6.07) is 11.9. The van der Waals surface area contributed by atoms with Gasteiger partial charge in [-0.25, -0.2) is 9.97 Å². The lowest BCUT2D eigenvalue weighted by molar-refractivity contribution is 0.0108. The number of aromatic nitrogens is 2. The third kappa shape index (κ3) is 4.09. The lowest BCUT2D eigenvalue weighted by Gasteiger charge is -2.40. The maximum atomic E-state index is 6.14. The summed E-state index contributed by atoms with van der Waals surface area (Å²) >= 11 is 0. The Morgan fingerprint density at radius 2 is 1.90 bits per heavy atom. The van der Waals surface area contributed by atoms with E-state index in [1.54, 1.807) is 13.4 Å². The number of methoxy groups -OCH3 is 1. The molecule has 0 bridgehead atoms. The zero-order valence-corrected chi connectivity index (χ0v) is 17.2. The Balaban J connectivity index is 1.23. The molecule has 2 aliphatic heterocycles. The highest BCUT2D eigenvalue weighted by Crippen LogP contribution is 2.36. The second-order valence-electron chi connectivity index (χ2n) is 8.40. The second-order valence-corrected chi connectivity index (χ2v) is 8.40. The van der Waals surface area contributed by atoms with E-state index in [4.69, 9.17) is 9.47 Å². The minimum Gasteiger partial charge on any atom is -0.481 e. The van der Waals surface area contributed by atoms with Crippen molar-refractivity contribution in [1.29, 1.82) is 0 Å². The molecular weight excluding hydrogens is 364 g/mol. The highest BCUT2D eigenvalue weighted by molar-refractivity contribution is 5.45. The summed E-state index contributed by atoms with van der Waals surface area (Å²) in [4.78, 5) is 13.9. The summed E-state index contributed by atoms with van der Waals surface area (Å²) in [5, 5.41) is 0. The fraction of sp³-hybridized carbons (Fsp3) is 0.565. The lowest BCUT2D eigenvalue weighted by Crippen LogP contribution is -2.47. The summed E-state index contributed by atoms with van der Waals surface area (Å²) in [6.07, 6.45) is 7.72. The van der Waals surface area contributed by atoms with Crippen LogP contribution in [0.4, 0.5) is 5.82 Å². The van der Waals surface area contributed by atoms with Gasteiger partial charge in [-0.05, 0) is 43.2 Å². The van der Waals surface area contributed by atoms with Gasteiger partial charge in [0.2, 0.25) is 5.88 Å². The van der Waals surface area contributed by atoms with Crippen LogP contribution in [0, 0.1) is 0 Å². The molecular formula is C23H30N4O2. The maximum Gasteiger partial charge on any atom is 0.218 e. The Morgan fingerprint density at radius 3 is 2.69 bits per heavy atom. The van der Waals surface area contributed by atoms with Crippen molar-refractivity contribution in [3.05, 3.63) is 47.8 Å². The molecule has 0 amide bonds. The average molecular weight is 395 g/mol. The van der Waals surface area contributed by atoms with E-state index in [2.05, 4.69) is 44.0 Å². The maximum absolute atomic E-state index is 6.14. The standard InChI is InChI=1S/C23H30N4O2/c1-28-23-14-22(24-16-25-23)27(18-6-7-18)19-8-11-26(12-9-19)15-21-20-5-3-2-4-17(20)10-13-29-21/h2-5,14,16,18-19,21H,6-13,15H2,1H3. The number of rotatable bonds is 6. The number of hydrogen-bond acceptors (Lipinski definition) is 6. The number of piperidine rings is 1. The first-order chi connectivity index (χ1) is 14.3. The lowest BCUT2D eigenvalue weighted by atomic mass is 9.96. The second kappa shape index (κ2) is 8.28. The highest BCUT2D eigenvalue weighted by Gasteiger charge is 2.37. The molecule has 2 fully saturated rings. The van der Waals surface area contributed by atoms with Gasteiger partial charge in [0.05, 0.1) is 19.8 Å². The van der Waals surface area contributed by atoms with Crippen molar-refractivity contribution < 1.29 is 9.47 Å². The van der Waals surface area contributed by atoms with Gasteiger partial charge in [0.15, 0.2) is 0 Å². The van der Waals surface area contributed by atoms with E-state index < -0.39 is 0 Å². The first-order valence-corrected chi connectivity index (χ1v) is 10.9. The molecule has 1 saturated carbocycles. The van der Waals surface area contributed by atoms with E-state index in [9.17, 15) is 0 Å². The summed E-state index contributed by atoms with van der Waals surface area (Å²) in [5.74, 6) is 1.66. The molecule has 1 unspecified atom stereocenters. The van der Waals surface area contributed by atoms with Crippen LogP contribution < -0.4 is 9.64 Å². The van der Waals surface area contributed by atoms with E-state index in [0.29, 0.717) is 18.0 Å². The first-order valence-electron chi connectivity index (χ1n) is 10.9. The average Bonchev–Trinajstić information content (AvgIpc) is 3.61. The highest BCUT2D eigenvalue weighted by atomic mass is 16.5. The number of anilines is 1. The molecule has 5 rings (SSSR count). The molecule has 3 aliphatic rings. The topological polar surface area (TPSA) is 50.7 Å². The number of nitrogens with zero attached hydrogens (tertiary/aromatic N) is 4. The van der Waals surface area contributed by atoms with E-state index in [1.807, 2.05) is 6.07 Å². The largest absolute Gasteiger partial charge is 0.481 e. The van der Waals surface area contributed by atoms with Crippen LogP contribution in [0.5, 0.6) is 5.88 Å². The Morgan fingerprint density at radius 1 is 1.10 bits per heavy atom. The third-order valence-electron chi connectivity index (χ3n) is 6.51. The van der Waals surface area contributed by atoms with Crippen molar-refractivity contribution in [3.8, 4) is 5.88 Å². The molecule has 29 heavy (non-hydrogen) atoms. The van der Waals surface area contributed by atoms with Gasteiger partial charge in [-0.2, -0.15) is 0 Å². The fourth-order valence-corrected chi connectivity index (χ4v) is 4.85. The van der Waals surface area contributed by atoms with Gasteiger partial charge >= 0.3 is 0 Å². The predicted molar refractivity (Wildman–Crippen MR) is 112 cm³/mol. The minimum absolute atomic E-state index is 0.210. The molecule has 6 heteroatoms. The molecule has 1 aromatic heterocycles. The van der Waals surface area contributed by atoms with E-state index in [1.165, 1.54) is 24.0 Å². The van der Waals surface area contributed by atoms with Crippen LogP contribution in [0.25, 0.3) is 0 Å². The summed E-state index contributed by atoms with van der Waals surface area (Å²) in [7, 11) is 1.66. The van der Waals surface area contributed by atoms with Crippen LogP contribution in [-0.2, 0) is 11.2 Å². The van der Waals surface area contributed by atoms with Crippen molar-refractivity contribution in [3.63, 3.8) is 0 Å². The minimum atomic E-state index is 0.210. The van der Waals surface area contributed by atoms with E-state index >= 15 is 0 Å². The van der Waals surface area contributed by atoms with Crippen LogP contribution in [-0.4, -0.2) is 60.3 Å².